The van der Waals surface area contributed by atoms with Crippen LogP contribution in [0.25, 0.3) is 10.8 Å². The quantitative estimate of drug-likeness (QED) is 0.664. The summed E-state index contributed by atoms with van der Waals surface area (Å²) in [4.78, 5) is 8.70. The Morgan fingerprint density at radius 1 is 1.19 bits per heavy atom. The topological polar surface area (TPSA) is 29.3 Å². The molecule has 0 saturated heterocycles. The van der Waals surface area contributed by atoms with Gasteiger partial charge in [-0.25, -0.2) is 4.98 Å². The van der Waals surface area contributed by atoms with E-state index in [1.54, 1.807) is 17.6 Å². The minimum Gasteiger partial charge on any atom is -0.462 e. The lowest BCUT2D eigenvalue weighted by Gasteiger charge is -2.19. The number of rotatable bonds is 6. The molecule has 0 N–H and O–H groups in total. The summed E-state index contributed by atoms with van der Waals surface area (Å²) < 4.78 is 5.42. The van der Waals surface area contributed by atoms with Crippen LogP contribution in [0.2, 0.25) is 0 Å². The van der Waals surface area contributed by atoms with Gasteiger partial charge < -0.3 is 4.42 Å². The fourth-order valence-corrected chi connectivity index (χ4v) is 3.96. The fraction of sp³-hybridized carbons (Fsp3) is 0.312. The molecule has 4 rings (SSSR count). The first-order valence-electron chi connectivity index (χ1n) is 7.13. The zero-order valence-corrected chi connectivity index (χ0v) is 13.2. The third-order valence-corrected chi connectivity index (χ3v) is 5.42. The summed E-state index contributed by atoms with van der Waals surface area (Å²) in [5.74, 6) is 0.863. The van der Waals surface area contributed by atoms with Crippen molar-refractivity contribution in [3.05, 3.63) is 51.9 Å². The molecule has 1 aliphatic rings. The molecular weight excluding hydrogens is 300 g/mol. The highest BCUT2D eigenvalue weighted by atomic mass is 32.1. The molecule has 0 spiro atoms. The molecule has 3 aromatic rings. The van der Waals surface area contributed by atoms with E-state index in [2.05, 4.69) is 27.8 Å². The lowest BCUT2D eigenvalue weighted by molar-refractivity contribution is 0.245. The van der Waals surface area contributed by atoms with Gasteiger partial charge in [-0.05, 0) is 36.4 Å². The zero-order valence-electron chi connectivity index (χ0n) is 11.6. The van der Waals surface area contributed by atoms with Crippen LogP contribution < -0.4 is 0 Å². The molecule has 1 aliphatic carbocycles. The van der Waals surface area contributed by atoms with Gasteiger partial charge in [0, 0.05) is 29.4 Å². The van der Waals surface area contributed by atoms with Crippen LogP contribution in [0.5, 0.6) is 0 Å². The first kappa shape index (κ1) is 13.2. The van der Waals surface area contributed by atoms with E-state index < -0.39 is 0 Å². The Morgan fingerprint density at radius 2 is 2.14 bits per heavy atom. The van der Waals surface area contributed by atoms with Gasteiger partial charge in [-0.1, -0.05) is 6.07 Å². The maximum atomic E-state index is 5.42. The van der Waals surface area contributed by atoms with Gasteiger partial charge >= 0.3 is 0 Å². The molecule has 0 aromatic carbocycles. The molecule has 1 fully saturated rings. The SMILES string of the molecule is c1coc(-c2nc(CN(Cc3cccs3)C3CC3)cs2)c1. The Hall–Kier alpha value is -1.43. The molecule has 0 bridgehead atoms. The number of furan rings is 1. The van der Waals surface area contributed by atoms with Crippen molar-refractivity contribution in [2.45, 2.75) is 32.0 Å². The minimum absolute atomic E-state index is 0.737. The van der Waals surface area contributed by atoms with Gasteiger partial charge in [-0.3, -0.25) is 4.90 Å². The van der Waals surface area contributed by atoms with Crippen LogP contribution in [0.15, 0.2) is 45.7 Å². The van der Waals surface area contributed by atoms with E-state index in [1.807, 2.05) is 23.5 Å². The predicted molar refractivity (Wildman–Crippen MR) is 86.4 cm³/mol. The third-order valence-electron chi connectivity index (χ3n) is 3.65. The number of thiophene rings is 1. The molecule has 21 heavy (non-hydrogen) atoms. The highest BCUT2D eigenvalue weighted by Gasteiger charge is 2.29. The molecule has 0 aliphatic heterocycles. The van der Waals surface area contributed by atoms with Crippen molar-refractivity contribution >= 4 is 22.7 Å². The van der Waals surface area contributed by atoms with Crippen LogP contribution in [-0.4, -0.2) is 15.9 Å². The number of hydrogen-bond donors (Lipinski definition) is 0. The molecule has 0 amide bonds. The number of thiazole rings is 1. The Balaban J connectivity index is 1.48. The van der Waals surface area contributed by atoms with Crippen molar-refractivity contribution in [2.24, 2.45) is 0 Å². The molecule has 0 atom stereocenters. The molecule has 5 heteroatoms. The van der Waals surface area contributed by atoms with E-state index in [0.29, 0.717) is 0 Å². The van der Waals surface area contributed by atoms with Crippen LogP contribution in [0, 0.1) is 0 Å². The summed E-state index contributed by atoms with van der Waals surface area (Å²) in [5.41, 5.74) is 1.15. The largest absolute Gasteiger partial charge is 0.462 e. The zero-order chi connectivity index (χ0) is 14.1. The molecule has 3 heterocycles. The van der Waals surface area contributed by atoms with Crippen LogP contribution in [0.4, 0.5) is 0 Å². The van der Waals surface area contributed by atoms with Crippen molar-refractivity contribution < 1.29 is 4.42 Å². The second kappa shape index (κ2) is 5.75. The highest BCUT2D eigenvalue weighted by molar-refractivity contribution is 7.13. The van der Waals surface area contributed by atoms with Crippen LogP contribution in [0.3, 0.4) is 0 Å². The number of hydrogen-bond acceptors (Lipinski definition) is 5. The summed E-state index contributed by atoms with van der Waals surface area (Å²) in [6, 6.07) is 8.95. The smallest absolute Gasteiger partial charge is 0.162 e. The summed E-state index contributed by atoms with van der Waals surface area (Å²) >= 11 is 3.50. The van der Waals surface area contributed by atoms with Gasteiger partial charge in [-0.15, -0.1) is 22.7 Å². The van der Waals surface area contributed by atoms with E-state index in [9.17, 15) is 0 Å². The maximum absolute atomic E-state index is 5.42. The van der Waals surface area contributed by atoms with Gasteiger partial charge in [0.2, 0.25) is 0 Å². The van der Waals surface area contributed by atoms with Crippen molar-refractivity contribution in [3.63, 3.8) is 0 Å². The monoisotopic (exact) mass is 316 g/mol. The summed E-state index contributed by atoms with van der Waals surface area (Å²) in [6.07, 6.45) is 4.34. The Morgan fingerprint density at radius 3 is 2.86 bits per heavy atom. The van der Waals surface area contributed by atoms with E-state index in [-0.39, 0.29) is 0 Å². The van der Waals surface area contributed by atoms with Crippen LogP contribution >= 0.6 is 22.7 Å². The molecule has 1 saturated carbocycles. The molecule has 3 aromatic heterocycles. The first-order chi connectivity index (χ1) is 10.4. The number of aromatic nitrogens is 1. The second-order valence-electron chi connectivity index (χ2n) is 5.34. The third kappa shape index (κ3) is 3.10. The molecule has 3 nitrogen and oxygen atoms in total. The highest BCUT2D eigenvalue weighted by Crippen LogP contribution is 2.31. The van der Waals surface area contributed by atoms with E-state index in [0.717, 1.165) is 35.6 Å². The first-order valence-corrected chi connectivity index (χ1v) is 8.89. The average Bonchev–Trinajstić information content (AvgIpc) is 2.93. The second-order valence-corrected chi connectivity index (χ2v) is 7.23. The van der Waals surface area contributed by atoms with Crippen LogP contribution in [0.1, 0.15) is 23.4 Å². The lowest BCUT2D eigenvalue weighted by atomic mass is 10.3. The average molecular weight is 316 g/mol. The van der Waals surface area contributed by atoms with E-state index in [4.69, 9.17) is 9.40 Å². The molecule has 0 radical (unpaired) electrons. The molecule has 0 unspecified atom stereocenters. The lowest BCUT2D eigenvalue weighted by Crippen LogP contribution is -2.24. The summed E-state index contributed by atoms with van der Waals surface area (Å²) in [5, 5.41) is 5.28. The van der Waals surface area contributed by atoms with Gasteiger partial charge in [0.15, 0.2) is 10.8 Å². The maximum Gasteiger partial charge on any atom is 0.162 e. The predicted octanol–water partition coefficient (Wildman–Crippen LogP) is 4.63. The van der Waals surface area contributed by atoms with Gasteiger partial charge in [-0.2, -0.15) is 0 Å². The van der Waals surface area contributed by atoms with Gasteiger partial charge in [0.1, 0.15) is 0 Å². The minimum atomic E-state index is 0.737. The van der Waals surface area contributed by atoms with E-state index >= 15 is 0 Å². The standard InChI is InChI=1S/C16H16N2OS2/c1-4-15(19-7-1)16-17-12(11-21-16)9-18(13-5-6-13)10-14-3-2-8-20-14/h1-4,7-8,11,13H,5-6,9-10H2. The normalized spacial score (nSPS) is 14.9. The van der Waals surface area contributed by atoms with Crippen LogP contribution in [-0.2, 0) is 13.1 Å². The summed E-state index contributed by atoms with van der Waals surface area (Å²) in [6.45, 7) is 1.97. The Kier molecular flexibility index (Phi) is 3.63. The Bertz CT molecular complexity index is 684. The Labute approximate surface area is 131 Å². The summed E-state index contributed by atoms with van der Waals surface area (Å²) in [7, 11) is 0. The van der Waals surface area contributed by atoms with Crippen molar-refractivity contribution in [2.75, 3.05) is 0 Å². The van der Waals surface area contributed by atoms with Crippen molar-refractivity contribution in [3.8, 4) is 10.8 Å². The number of nitrogens with zero attached hydrogens (tertiary/aromatic N) is 2. The molecule has 108 valence electrons. The molecular formula is C16H16N2OS2. The van der Waals surface area contributed by atoms with Gasteiger partial charge in [0.05, 0.1) is 12.0 Å². The fourth-order valence-electron chi connectivity index (χ4n) is 2.46. The van der Waals surface area contributed by atoms with Gasteiger partial charge in [0.25, 0.3) is 0 Å². The van der Waals surface area contributed by atoms with Crippen molar-refractivity contribution in [1.29, 1.82) is 0 Å². The van der Waals surface area contributed by atoms with E-state index in [1.165, 1.54) is 17.7 Å². The van der Waals surface area contributed by atoms with Crippen molar-refractivity contribution in [1.82, 2.24) is 9.88 Å².